The number of halogens is 1. The van der Waals surface area contributed by atoms with Crippen LogP contribution in [0.25, 0.3) is 0 Å². The van der Waals surface area contributed by atoms with Gasteiger partial charge < -0.3 is 0 Å². The maximum Gasteiger partial charge on any atom is 0.264 e. The van der Waals surface area contributed by atoms with E-state index >= 15 is 0 Å². The molecule has 0 radical (unpaired) electrons. The smallest absolute Gasteiger partial charge is 0.264 e. The lowest BCUT2D eigenvalue weighted by Crippen LogP contribution is -2.26. The maximum absolute atomic E-state index is 12.9. The zero-order chi connectivity index (χ0) is 20.4. The van der Waals surface area contributed by atoms with Crippen molar-refractivity contribution in [1.29, 1.82) is 0 Å². The van der Waals surface area contributed by atoms with Crippen LogP contribution in [0.2, 0.25) is 5.02 Å². The first kappa shape index (κ1) is 20.2. The third-order valence-corrected chi connectivity index (χ3v) is 7.37. The predicted octanol–water partition coefficient (Wildman–Crippen LogP) is 3.97. The molecule has 9 heteroatoms. The van der Waals surface area contributed by atoms with Crippen LogP contribution in [0.1, 0.15) is 0 Å². The Balaban J connectivity index is 1.92. The molecule has 3 aromatic rings. The van der Waals surface area contributed by atoms with Crippen molar-refractivity contribution >= 4 is 43.0 Å². The van der Waals surface area contributed by atoms with Crippen molar-refractivity contribution in [2.45, 2.75) is 9.79 Å². The third-order valence-electron chi connectivity index (χ3n) is 3.97. The van der Waals surface area contributed by atoms with Crippen molar-refractivity contribution in [2.24, 2.45) is 0 Å². The molecule has 0 fully saturated rings. The van der Waals surface area contributed by atoms with Gasteiger partial charge in [0.05, 0.1) is 21.2 Å². The molecule has 0 aliphatic carbocycles. The Morgan fingerprint density at radius 2 is 1.43 bits per heavy atom. The van der Waals surface area contributed by atoms with Crippen LogP contribution in [0, 0.1) is 0 Å². The van der Waals surface area contributed by atoms with E-state index in [-0.39, 0.29) is 20.5 Å². The van der Waals surface area contributed by atoms with E-state index in [1.54, 1.807) is 36.4 Å². The highest BCUT2D eigenvalue weighted by Crippen LogP contribution is 2.25. The van der Waals surface area contributed by atoms with Crippen LogP contribution < -0.4 is 9.03 Å². The van der Waals surface area contributed by atoms with E-state index in [4.69, 9.17) is 11.6 Å². The second-order valence-corrected chi connectivity index (χ2v) is 9.99. The Hall–Kier alpha value is -2.55. The molecule has 28 heavy (non-hydrogen) atoms. The van der Waals surface area contributed by atoms with Gasteiger partial charge in [-0.1, -0.05) is 41.9 Å². The van der Waals surface area contributed by atoms with Gasteiger partial charge in [-0.3, -0.25) is 9.03 Å². The molecule has 0 aliphatic rings. The highest BCUT2D eigenvalue weighted by Gasteiger charge is 2.22. The van der Waals surface area contributed by atoms with Crippen LogP contribution in [0.5, 0.6) is 0 Å². The summed E-state index contributed by atoms with van der Waals surface area (Å²) >= 11 is 5.85. The van der Waals surface area contributed by atoms with Gasteiger partial charge in [-0.15, -0.1) is 0 Å². The summed E-state index contributed by atoms with van der Waals surface area (Å²) in [5.41, 5.74) is 0.620. The zero-order valence-electron chi connectivity index (χ0n) is 14.8. The zero-order valence-corrected chi connectivity index (χ0v) is 17.2. The standard InChI is InChI=1S/C19H17ClN2O4S2/c1-22(17-9-3-2-4-10-17)28(25,26)19-12-6-8-16(14-19)21-27(23,24)18-11-5-7-15(20)13-18/h2-14,21H,1H3. The predicted molar refractivity (Wildman–Crippen MR) is 111 cm³/mol. The van der Waals surface area contributed by atoms with Crippen molar-refractivity contribution < 1.29 is 16.8 Å². The van der Waals surface area contributed by atoms with E-state index in [0.29, 0.717) is 5.69 Å². The average Bonchev–Trinajstić information content (AvgIpc) is 2.68. The van der Waals surface area contributed by atoms with Gasteiger partial charge in [0.15, 0.2) is 0 Å². The van der Waals surface area contributed by atoms with E-state index in [2.05, 4.69) is 4.72 Å². The van der Waals surface area contributed by atoms with Crippen molar-refractivity contribution in [3.8, 4) is 0 Å². The van der Waals surface area contributed by atoms with E-state index in [0.717, 1.165) is 4.31 Å². The van der Waals surface area contributed by atoms with Gasteiger partial charge in [-0.05, 0) is 48.5 Å². The van der Waals surface area contributed by atoms with E-state index < -0.39 is 20.0 Å². The lowest BCUT2D eigenvalue weighted by Gasteiger charge is -2.20. The minimum Gasteiger partial charge on any atom is -0.280 e. The highest BCUT2D eigenvalue weighted by atomic mass is 35.5. The van der Waals surface area contributed by atoms with Gasteiger partial charge in [0.25, 0.3) is 20.0 Å². The molecule has 3 rings (SSSR count). The molecule has 1 N–H and O–H groups in total. The van der Waals surface area contributed by atoms with Gasteiger partial charge in [0.1, 0.15) is 0 Å². The first-order chi connectivity index (χ1) is 13.2. The Morgan fingerprint density at radius 1 is 0.786 bits per heavy atom. The first-order valence-electron chi connectivity index (χ1n) is 8.12. The molecule has 0 heterocycles. The molecule has 0 saturated carbocycles. The number of benzene rings is 3. The van der Waals surface area contributed by atoms with Crippen LogP contribution in [0.4, 0.5) is 11.4 Å². The molecule has 0 spiro atoms. The fourth-order valence-corrected chi connectivity index (χ4v) is 5.09. The summed E-state index contributed by atoms with van der Waals surface area (Å²) in [7, 11) is -6.34. The SMILES string of the molecule is CN(c1ccccc1)S(=O)(=O)c1cccc(NS(=O)(=O)c2cccc(Cl)c2)c1. The van der Waals surface area contributed by atoms with Gasteiger partial charge in [0, 0.05) is 12.1 Å². The number of nitrogens with one attached hydrogen (secondary N) is 1. The molecular weight excluding hydrogens is 420 g/mol. The lowest BCUT2D eigenvalue weighted by atomic mass is 10.3. The molecule has 0 aliphatic heterocycles. The Labute approximate surface area is 169 Å². The number of para-hydroxylation sites is 1. The number of sulfonamides is 2. The molecule has 0 amide bonds. The monoisotopic (exact) mass is 436 g/mol. The summed E-state index contributed by atoms with van der Waals surface area (Å²) in [6.07, 6.45) is 0. The van der Waals surface area contributed by atoms with E-state index in [9.17, 15) is 16.8 Å². The summed E-state index contributed by atoms with van der Waals surface area (Å²) in [5, 5.41) is 0.281. The molecule has 0 saturated heterocycles. The summed E-state index contributed by atoms with van der Waals surface area (Å²) in [5.74, 6) is 0. The number of rotatable bonds is 6. The molecule has 6 nitrogen and oxygen atoms in total. The van der Waals surface area contributed by atoms with Gasteiger partial charge in [-0.25, -0.2) is 16.8 Å². The quantitative estimate of drug-likeness (QED) is 0.633. The molecule has 146 valence electrons. The molecule has 0 aromatic heterocycles. The minimum absolute atomic E-state index is 0.0188. The lowest BCUT2D eigenvalue weighted by molar-refractivity contribution is 0.593. The molecule has 0 atom stereocenters. The fourth-order valence-electron chi connectivity index (χ4n) is 2.50. The normalized spacial score (nSPS) is 11.8. The topological polar surface area (TPSA) is 83.6 Å². The Morgan fingerprint density at radius 3 is 2.11 bits per heavy atom. The van der Waals surface area contributed by atoms with Gasteiger partial charge in [-0.2, -0.15) is 0 Å². The second kappa shape index (κ2) is 7.83. The number of hydrogen-bond donors (Lipinski definition) is 1. The summed E-state index contributed by atoms with van der Waals surface area (Å²) in [6.45, 7) is 0. The van der Waals surface area contributed by atoms with Crippen LogP contribution in [0.15, 0.2) is 88.7 Å². The summed E-state index contributed by atoms with van der Waals surface area (Å²) in [4.78, 5) is -0.0557. The number of hydrogen-bond acceptors (Lipinski definition) is 4. The molecule has 0 unspecified atom stereocenters. The average molecular weight is 437 g/mol. The van der Waals surface area contributed by atoms with Crippen molar-refractivity contribution in [1.82, 2.24) is 0 Å². The largest absolute Gasteiger partial charge is 0.280 e. The first-order valence-corrected chi connectivity index (χ1v) is 11.4. The van der Waals surface area contributed by atoms with Crippen LogP contribution in [-0.2, 0) is 20.0 Å². The molecular formula is C19H17ClN2O4S2. The van der Waals surface area contributed by atoms with Crippen molar-refractivity contribution in [2.75, 3.05) is 16.1 Å². The fraction of sp³-hybridized carbons (Fsp3) is 0.0526. The van der Waals surface area contributed by atoms with E-state index in [1.807, 2.05) is 0 Å². The summed E-state index contributed by atoms with van der Waals surface area (Å²) in [6, 6.07) is 20.0. The van der Waals surface area contributed by atoms with Crippen molar-refractivity contribution in [3.05, 3.63) is 83.9 Å². The number of anilines is 2. The highest BCUT2D eigenvalue weighted by molar-refractivity contribution is 7.93. The van der Waals surface area contributed by atoms with Gasteiger partial charge >= 0.3 is 0 Å². The van der Waals surface area contributed by atoms with Crippen LogP contribution in [-0.4, -0.2) is 23.9 Å². The Bertz CT molecular complexity index is 1200. The minimum atomic E-state index is -3.91. The Kier molecular flexibility index (Phi) is 5.64. The van der Waals surface area contributed by atoms with Crippen LogP contribution in [0.3, 0.4) is 0 Å². The maximum atomic E-state index is 12.9. The van der Waals surface area contributed by atoms with Crippen LogP contribution >= 0.6 is 11.6 Å². The summed E-state index contributed by atoms with van der Waals surface area (Å²) < 4.78 is 54.4. The molecule has 0 bridgehead atoms. The molecule has 3 aromatic carbocycles. The number of nitrogens with zero attached hydrogens (tertiary/aromatic N) is 1. The third kappa shape index (κ3) is 4.30. The second-order valence-electron chi connectivity index (χ2n) is 5.90. The van der Waals surface area contributed by atoms with Gasteiger partial charge in [0.2, 0.25) is 0 Å². The van der Waals surface area contributed by atoms with Crippen molar-refractivity contribution in [3.63, 3.8) is 0 Å². The van der Waals surface area contributed by atoms with E-state index in [1.165, 1.54) is 49.5 Å².